The van der Waals surface area contributed by atoms with E-state index < -0.39 is 6.10 Å². The number of aliphatic hydroxyl groups excluding tert-OH is 2. The maximum atomic E-state index is 10.4. The second kappa shape index (κ2) is 6.35. The summed E-state index contributed by atoms with van der Waals surface area (Å²) in [7, 11) is 0. The predicted octanol–water partition coefficient (Wildman–Crippen LogP) is 3.30. The van der Waals surface area contributed by atoms with Crippen molar-refractivity contribution in [1.29, 1.82) is 0 Å². The van der Waals surface area contributed by atoms with E-state index in [9.17, 15) is 10.2 Å². The van der Waals surface area contributed by atoms with Crippen LogP contribution in [0.5, 0.6) is 0 Å². The molecule has 0 unspecified atom stereocenters. The molecule has 3 atom stereocenters. The van der Waals surface area contributed by atoms with Crippen molar-refractivity contribution in [3.63, 3.8) is 0 Å². The van der Waals surface area contributed by atoms with Crippen LogP contribution >= 0.6 is 0 Å². The van der Waals surface area contributed by atoms with Crippen LogP contribution in [0.2, 0.25) is 0 Å². The van der Waals surface area contributed by atoms with Crippen LogP contribution in [-0.4, -0.2) is 16.3 Å². The zero-order valence-corrected chi connectivity index (χ0v) is 11.1. The quantitative estimate of drug-likeness (QED) is 0.858. The molecule has 2 nitrogen and oxygen atoms in total. The van der Waals surface area contributed by atoms with Gasteiger partial charge in [-0.2, -0.15) is 0 Å². The molecule has 0 radical (unpaired) electrons. The standard InChI is InChI=1S/C16H24O2/c1-12(15(17)13-8-4-2-5-9-13)16(18)14-10-6-3-7-11-14/h2,4-5,8-9,12,14-18H,3,6-7,10-11H2,1H3/t12-,15+,16-/m0/s1. The van der Waals surface area contributed by atoms with E-state index in [-0.39, 0.29) is 12.0 Å². The van der Waals surface area contributed by atoms with Crippen molar-refractivity contribution in [3.8, 4) is 0 Å². The minimum atomic E-state index is -0.567. The van der Waals surface area contributed by atoms with E-state index in [2.05, 4.69) is 0 Å². The van der Waals surface area contributed by atoms with Gasteiger partial charge in [-0.3, -0.25) is 0 Å². The number of hydrogen-bond acceptors (Lipinski definition) is 2. The van der Waals surface area contributed by atoms with Crippen molar-refractivity contribution in [1.82, 2.24) is 0 Å². The average Bonchev–Trinajstić information content (AvgIpc) is 2.47. The second-order valence-electron chi connectivity index (χ2n) is 5.60. The maximum absolute atomic E-state index is 10.4. The first-order valence-electron chi connectivity index (χ1n) is 7.11. The number of benzene rings is 1. The van der Waals surface area contributed by atoms with Crippen LogP contribution in [-0.2, 0) is 0 Å². The van der Waals surface area contributed by atoms with Gasteiger partial charge in [0.05, 0.1) is 12.2 Å². The molecule has 0 bridgehead atoms. The van der Waals surface area contributed by atoms with E-state index in [1.165, 1.54) is 19.3 Å². The van der Waals surface area contributed by atoms with E-state index in [1.54, 1.807) is 0 Å². The minimum absolute atomic E-state index is 0.101. The summed E-state index contributed by atoms with van der Waals surface area (Å²) in [6, 6.07) is 9.65. The van der Waals surface area contributed by atoms with Crippen LogP contribution in [0.3, 0.4) is 0 Å². The van der Waals surface area contributed by atoms with E-state index >= 15 is 0 Å². The molecule has 100 valence electrons. The summed E-state index contributed by atoms with van der Waals surface area (Å²) >= 11 is 0. The van der Waals surface area contributed by atoms with Crippen LogP contribution < -0.4 is 0 Å². The highest BCUT2D eigenvalue weighted by Crippen LogP contribution is 2.34. The predicted molar refractivity (Wildman–Crippen MR) is 73.1 cm³/mol. The Bertz CT molecular complexity index is 343. The lowest BCUT2D eigenvalue weighted by Gasteiger charge is -2.33. The van der Waals surface area contributed by atoms with Crippen molar-refractivity contribution < 1.29 is 10.2 Å². The molecule has 18 heavy (non-hydrogen) atoms. The van der Waals surface area contributed by atoms with E-state index in [4.69, 9.17) is 0 Å². The fourth-order valence-electron chi connectivity index (χ4n) is 3.05. The summed E-state index contributed by atoms with van der Waals surface area (Å²) in [5.74, 6) is 0.266. The lowest BCUT2D eigenvalue weighted by molar-refractivity contribution is -0.0207. The molecule has 0 amide bonds. The van der Waals surface area contributed by atoms with Crippen molar-refractivity contribution in [2.45, 2.75) is 51.2 Å². The lowest BCUT2D eigenvalue weighted by atomic mass is 9.78. The van der Waals surface area contributed by atoms with Gasteiger partial charge in [-0.1, -0.05) is 56.5 Å². The molecule has 1 aliphatic rings. The summed E-state index contributed by atoms with van der Waals surface area (Å²) < 4.78 is 0. The Hall–Kier alpha value is -0.860. The number of hydrogen-bond donors (Lipinski definition) is 2. The van der Waals surface area contributed by atoms with Gasteiger partial charge in [0.25, 0.3) is 0 Å². The molecule has 0 spiro atoms. The number of aliphatic hydroxyl groups is 2. The smallest absolute Gasteiger partial charge is 0.0840 e. The molecule has 0 saturated heterocycles. The molecule has 1 aliphatic carbocycles. The van der Waals surface area contributed by atoms with E-state index in [1.807, 2.05) is 37.3 Å². The molecule has 2 heteroatoms. The largest absolute Gasteiger partial charge is 0.392 e. The van der Waals surface area contributed by atoms with Crippen LogP contribution in [0.15, 0.2) is 30.3 Å². The zero-order valence-electron chi connectivity index (χ0n) is 11.1. The Morgan fingerprint density at radius 3 is 2.22 bits per heavy atom. The second-order valence-corrected chi connectivity index (χ2v) is 5.60. The van der Waals surface area contributed by atoms with Gasteiger partial charge in [0.1, 0.15) is 0 Å². The summed E-state index contributed by atoms with van der Waals surface area (Å²) in [6.07, 6.45) is 4.98. The Labute approximate surface area is 110 Å². The van der Waals surface area contributed by atoms with Crippen LogP contribution in [0.4, 0.5) is 0 Å². The monoisotopic (exact) mass is 248 g/mol. The average molecular weight is 248 g/mol. The van der Waals surface area contributed by atoms with Crippen LogP contribution in [0, 0.1) is 11.8 Å². The molecular weight excluding hydrogens is 224 g/mol. The van der Waals surface area contributed by atoms with Gasteiger partial charge in [0.2, 0.25) is 0 Å². The molecular formula is C16H24O2. The Balaban J connectivity index is 1.99. The molecule has 1 aromatic carbocycles. The molecule has 1 fully saturated rings. The normalized spacial score (nSPS) is 22.4. The molecule has 2 N–H and O–H groups in total. The van der Waals surface area contributed by atoms with E-state index in [0.717, 1.165) is 18.4 Å². The van der Waals surface area contributed by atoms with Crippen LogP contribution in [0.25, 0.3) is 0 Å². The van der Waals surface area contributed by atoms with Gasteiger partial charge < -0.3 is 10.2 Å². The third-order valence-corrected chi connectivity index (χ3v) is 4.31. The van der Waals surface area contributed by atoms with Crippen molar-refractivity contribution in [3.05, 3.63) is 35.9 Å². The molecule has 0 aliphatic heterocycles. The minimum Gasteiger partial charge on any atom is -0.392 e. The van der Waals surface area contributed by atoms with Gasteiger partial charge in [0.15, 0.2) is 0 Å². The van der Waals surface area contributed by atoms with Gasteiger partial charge in [-0.25, -0.2) is 0 Å². The summed E-state index contributed by atoms with van der Waals surface area (Å²) in [5, 5.41) is 20.7. The van der Waals surface area contributed by atoms with Gasteiger partial charge in [0, 0.05) is 5.92 Å². The van der Waals surface area contributed by atoms with Gasteiger partial charge in [-0.15, -0.1) is 0 Å². The molecule has 0 aromatic heterocycles. The van der Waals surface area contributed by atoms with Gasteiger partial charge in [-0.05, 0) is 24.3 Å². The fourth-order valence-corrected chi connectivity index (χ4v) is 3.05. The van der Waals surface area contributed by atoms with Crippen LogP contribution in [0.1, 0.15) is 50.7 Å². The summed E-state index contributed by atoms with van der Waals surface area (Å²) in [6.45, 7) is 1.96. The first kappa shape index (κ1) is 13.6. The molecule has 0 heterocycles. The number of rotatable bonds is 4. The third-order valence-electron chi connectivity index (χ3n) is 4.31. The fraction of sp³-hybridized carbons (Fsp3) is 0.625. The van der Waals surface area contributed by atoms with Crippen molar-refractivity contribution in [2.75, 3.05) is 0 Å². The van der Waals surface area contributed by atoms with E-state index in [0.29, 0.717) is 5.92 Å². The highest BCUT2D eigenvalue weighted by Gasteiger charge is 2.30. The maximum Gasteiger partial charge on any atom is 0.0840 e. The van der Waals surface area contributed by atoms with Gasteiger partial charge >= 0.3 is 0 Å². The zero-order chi connectivity index (χ0) is 13.0. The Morgan fingerprint density at radius 2 is 1.61 bits per heavy atom. The lowest BCUT2D eigenvalue weighted by Crippen LogP contribution is -2.32. The SMILES string of the molecule is C[C@H]([C@H](O)C1CCCCC1)[C@@H](O)c1ccccc1. The Kier molecular flexibility index (Phi) is 4.79. The summed E-state index contributed by atoms with van der Waals surface area (Å²) in [4.78, 5) is 0. The highest BCUT2D eigenvalue weighted by atomic mass is 16.3. The molecule has 1 aromatic rings. The highest BCUT2D eigenvalue weighted by molar-refractivity contribution is 5.18. The summed E-state index contributed by atoms with van der Waals surface area (Å²) in [5.41, 5.74) is 0.903. The first-order chi connectivity index (χ1) is 8.70. The van der Waals surface area contributed by atoms with Crippen molar-refractivity contribution >= 4 is 0 Å². The molecule has 2 rings (SSSR count). The molecule has 1 saturated carbocycles. The topological polar surface area (TPSA) is 40.5 Å². The van der Waals surface area contributed by atoms with Crippen molar-refractivity contribution in [2.24, 2.45) is 11.8 Å². The third kappa shape index (κ3) is 3.12. The first-order valence-corrected chi connectivity index (χ1v) is 7.11. The Morgan fingerprint density at radius 1 is 1.00 bits per heavy atom.